The molecular weight excluding hydrogens is 462 g/mol. The topological polar surface area (TPSA) is 86.7 Å². The van der Waals surface area contributed by atoms with Gasteiger partial charge in [-0.05, 0) is 55.5 Å². The molecule has 0 radical (unpaired) electrons. The molecule has 0 unspecified atom stereocenters. The minimum atomic E-state index is -3.77. The molecule has 8 nitrogen and oxygen atoms in total. The minimum absolute atomic E-state index is 0.129. The summed E-state index contributed by atoms with van der Waals surface area (Å²) in [6.45, 7) is 3.14. The largest absolute Gasteiger partial charge is 0.355 e. The molecule has 0 aliphatic carbocycles. The van der Waals surface area contributed by atoms with Crippen molar-refractivity contribution in [2.45, 2.75) is 11.8 Å². The quantitative estimate of drug-likeness (QED) is 0.424. The first-order chi connectivity index (χ1) is 16.9. The van der Waals surface area contributed by atoms with Crippen molar-refractivity contribution in [1.82, 2.24) is 9.97 Å². The average molecular weight is 488 g/mol. The molecule has 1 aromatic heterocycles. The average Bonchev–Trinajstić information content (AvgIpc) is 2.89. The van der Waals surface area contributed by atoms with Crippen LogP contribution in [0.3, 0.4) is 0 Å². The van der Waals surface area contributed by atoms with Crippen LogP contribution in [0.4, 0.5) is 17.3 Å². The maximum Gasteiger partial charge on any atom is 0.264 e. The third kappa shape index (κ3) is 4.08. The smallest absolute Gasteiger partial charge is 0.264 e. The lowest BCUT2D eigenvalue weighted by molar-refractivity contribution is 0.0985. The van der Waals surface area contributed by atoms with Crippen LogP contribution in [0.25, 0.3) is 11.0 Å². The Bertz CT molecular complexity index is 1490. The number of carbonyl (C=O) groups excluding carboxylic acids is 1. The van der Waals surface area contributed by atoms with Crippen molar-refractivity contribution in [2.75, 3.05) is 40.8 Å². The molecular formula is C26H25N5O3S. The van der Waals surface area contributed by atoms with E-state index in [1.807, 2.05) is 42.3 Å². The fourth-order valence-electron chi connectivity index (χ4n) is 4.22. The number of rotatable bonds is 5. The van der Waals surface area contributed by atoms with E-state index in [0.29, 0.717) is 41.5 Å². The molecule has 0 saturated heterocycles. The molecule has 1 aliphatic rings. The molecule has 4 aromatic rings. The highest BCUT2D eigenvalue weighted by atomic mass is 32.2. The van der Waals surface area contributed by atoms with Gasteiger partial charge in [-0.2, -0.15) is 0 Å². The number of aromatic nitrogens is 2. The summed E-state index contributed by atoms with van der Waals surface area (Å²) < 4.78 is 27.9. The van der Waals surface area contributed by atoms with E-state index in [2.05, 4.69) is 0 Å². The van der Waals surface area contributed by atoms with E-state index >= 15 is 0 Å². The zero-order valence-electron chi connectivity index (χ0n) is 19.5. The predicted octanol–water partition coefficient (Wildman–Crippen LogP) is 3.94. The second-order valence-electron chi connectivity index (χ2n) is 8.27. The summed E-state index contributed by atoms with van der Waals surface area (Å²) in [6.07, 6.45) is 0. The minimum Gasteiger partial charge on any atom is -0.355 e. The summed E-state index contributed by atoms with van der Waals surface area (Å²) in [7, 11) is -1.85. The van der Waals surface area contributed by atoms with Gasteiger partial charge < -0.3 is 4.90 Å². The Balaban J connectivity index is 1.46. The van der Waals surface area contributed by atoms with Gasteiger partial charge in [0.1, 0.15) is 0 Å². The molecule has 9 heteroatoms. The third-order valence-corrected chi connectivity index (χ3v) is 7.99. The Labute approximate surface area is 204 Å². The lowest BCUT2D eigenvalue weighted by atomic mass is 10.2. The number of carbonyl (C=O) groups is 1. The van der Waals surface area contributed by atoms with Crippen LogP contribution in [0.5, 0.6) is 0 Å². The molecule has 0 saturated carbocycles. The van der Waals surface area contributed by atoms with Crippen LogP contribution in [0.1, 0.15) is 17.3 Å². The van der Waals surface area contributed by atoms with Crippen molar-refractivity contribution < 1.29 is 13.2 Å². The summed E-state index contributed by atoms with van der Waals surface area (Å²) in [5, 5.41) is 0. The second kappa shape index (κ2) is 8.99. The number of hydrogen-bond acceptors (Lipinski definition) is 6. The fraction of sp³-hybridized carbons (Fsp3) is 0.192. The molecule has 0 bridgehead atoms. The van der Waals surface area contributed by atoms with Gasteiger partial charge in [0.25, 0.3) is 15.9 Å². The number of amides is 1. The number of nitrogens with zero attached hydrogens (tertiary/aromatic N) is 5. The number of sulfonamides is 1. The Kier molecular flexibility index (Phi) is 5.86. The van der Waals surface area contributed by atoms with E-state index in [1.165, 1.54) is 16.4 Å². The van der Waals surface area contributed by atoms with E-state index in [9.17, 15) is 13.2 Å². The van der Waals surface area contributed by atoms with Gasteiger partial charge in [0.15, 0.2) is 11.6 Å². The lowest BCUT2D eigenvalue weighted by Crippen LogP contribution is -2.43. The van der Waals surface area contributed by atoms with Crippen LogP contribution in [0.2, 0.25) is 0 Å². The van der Waals surface area contributed by atoms with Crippen LogP contribution in [-0.2, 0) is 10.0 Å². The van der Waals surface area contributed by atoms with Crippen LogP contribution in [0.15, 0.2) is 83.8 Å². The molecule has 1 aliphatic heterocycles. The molecule has 1 amide bonds. The first kappa shape index (κ1) is 22.8. The number of anilines is 3. The maximum absolute atomic E-state index is 13.5. The second-order valence-corrected chi connectivity index (χ2v) is 10.1. The molecule has 178 valence electrons. The Morgan fingerprint density at radius 3 is 2.09 bits per heavy atom. The fourth-order valence-corrected chi connectivity index (χ4v) is 5.69. The van der Waals surface area contributed by atoms with Gasteiger partial charge in [0.05, 0.1) is 21.6 Å². The molecule has 5 rings (SSSR count). The monoisotopic (exact) mass is 487 g/mol. The zero-order valence-corrected chi connectivity index (χ0v) is 20.3. The molecule has 0 fully saturated rings. The van der Waals surface area contributed by atoms with Gasteiger partial charge in [-0.15, -0.1) is 0 Å². The first-order valence-corrected chi connectivity index (χ1v) is 12.8. The van der Waals surface area contributed by atoms with E-state index in [-0.39, 0.29) is 17.3 Å². The molecule has 0 atom stereocenters. The standard InChI is InChI=1S/C26H25N5O3S/c1-3-31(20-9-5-4-6-10-20)35(33,34)21-15-13-19(14-16-21)26(32)30-18-17-29(2)24-25(30)28-23-12-8-7-11-22(23)27-24/h4-16H,3,17-18H2,1-2H3. The highest BCUT2D eigenvalue weighted by Gasteiger charge is 2.30. The zero-order chi connectivity index (χ0) is 24.6. The van der Waals surface area contributed by atoms with Gasteiger partial charge in [-0.3, -0.25) is 14.0 Å². The highest BCUT2D eigenvalue weighted by Crippen LogP contribution is 2.32. The SMILES string of the molecule is CCN(c1ccccc1)S(=O)(=O)c1ccc(C(=O)N2CCN(C)c3nc4ccccc4nc32)cc1. The lowest BCUT2D eigenvalue weighted by Gasteiger charge is -2.33. The van der Waals surface area contributed by atoms with Gasteiger partial charge in [0.2, 0.25) is 0 Å². The summed E-state index contributed by atoms with van der Waals surface area (Å²) in [5.74, 6) is 0.896. The number of benzene rings is 3. The normalized spacial score (nSPS) is 13.5. The number of para-hydroxylation sites is 3. The van der Waals surface area contributed by atoms with Crippen LogP contribution >= 0.6 is 0 Å². The predicted molar refractivity (Wildman–Crippen MR) is 138 cm³/mol. The highest BCUT2D eigenvalue weighted by molar-refractivity contribution is 7.92. The van der Waals surface area contributed by atoms with Crippen LogP contribution in [0, 0.1) is 0 Å². The number of fused-ring (bicyclic) bond motifs is 2. The van der Waals surface area contributed by atoms with Crippen molar-refractivity contribution in [3.05, 3.63) is 84.4 Å². The maximum atomic E-state index is 13.5. The van der Waals surface area contributed by atoms with Gasteiger partial charge in [-0.25, -0.2) is 18.4 Å². The summed E-state index contributed by atoms with van der Waals surface area (Å²) in [4.78, 5) is 26.6. The van der Waals surface area contributed by atoms with Crippen LogP contribution in [-0.4, -0.2) is 51.0 Å². The molecule has 2 heterocycles. The summed E-state index contributed by atoms with van der Waals surface area (Å²) >= 11 is 0. The van der Waals surface area contributed by atoms with E-state index in [1.54, 1.807) is 48.2 Å². The van der Waals surface area contributed by atoms with E-state index < -0.39 is 10.0 Å². The van der Waals surface area contributed by atoms with Gasteiger partial charge >= 0.3 is 0 Å². The molecule has 0 spiro atoms. The van der Waals surface area contributed by atoms with Crippen molar-refractivity contribution in [3.8, 4) is 0 Å². The van der Waals surface area contributed by atoms with Crippen molar-refractivity contribution >= 4 is 44.3 Å². The molecule has 35 heavy (non-hydrogen) atoms. The Morgan fingerprint density at radius 1 is 0.857 bits per heavy atom. The third-order valence-electron chi connectivity index (χ3n) is 6.08. The van der Waals surface area contributed by atoms with Crippen molar-refractivity contribution in [1.29, 1.82) is 0 Å². The van der Waals surface area contributed by atoms with Crippen molar-refractivity contribution in [2.24, 2.45) is 0 Å². The Hall–Kier alpha value is -3.98. The van der Waals surface area contributed by atoms with Crippen LogP contribution < -0.4 is 14.1 Å². The summed E-state index contributed by atoms with van der Waals surface area (Å²) in [6, 6.07) is 22.6. The van der Waals surface area contributed by atoms with Crippen molar-refractivity contribution in [3.63, 3.8) is 0 Å². The first-order valence-electron chi connectivity index (χ1n) is 11.4. The Morgan fingerprint density at radius 2 is 1.46 bits per heavy atom. The summed E-state index contributed by atoms with van der Waals surface area (Å²) in [5.41, 5.74) is 2.45. The molecule has 0 N–H and O–H groups in total. The van der Waals surface area contributed by atoms with Gasteiger partial charge in [0, 0.05) is 32.2 Å². The number of hydrogen-bond donors (Lipinski definition) is 0. The molecule has 3 aromatic carbocycles. The van der Waals surface area contributed by atoms with Gasteiger partial charge in [-0.1, -0.05) is 30.3 Å². The van der Waals surface area contributed by atoms with E-state index in [0.717, 1.165) is 5.52 Å². The van der Waals surface area contributed by atoms with E-state index in [4.69, 9.17) is 9.97 Å². The number of likely N-dealkylation sites (N-methyl/N-ethyl adjacent to an activating group) is 1.